The highest BCUT2D eigenvalue weighted by molar-refractivity contribution is 7.98. The van der Waals surface area contributed by atoms with E-state index in [0.717, 1.165) is 5.56 Å². The molecule has 0 aliphatic carbocycles. The van der Waals surface area contributed by atoms with Gasteiger partial charge in [-0.1, -0.05) is 58.9 Å². The van der Waals surface area contributed by atoms with Gasteiger partial charge in [-0.15, -0.1) is 0 Å². The van der Waals surface area contributed by atoms with E-state index in [2.05, 4.69) is 20.1 Å². The number of aromatic amines is 1. The van der Waals surface area contributed by atoms with Gasteiger partial charge in [0.1, 0.15) is 5.82 Å². The zero-order valence-corrected chi connectivity index (χ0v) is 15.8. The van der Waals surface area contributed by atoms with Gasteiger partial charge in [-0.2, -0.15) is 4.98 Å². The molecular formula is C19H12ClFN4O2S. The zero-order chi connectivity index (χ0) is 19.5. The maximum absolute atomic E-state index is 13.3. The Morgan fingerprint density at radius 1 is 1.07 bits per heavy atom. The third-order valence-corrected chi connectivity index (χ3v) is 4.92. The minimum absolute atomic E-state index is 0.0160. The van der Waals surface area contributed by atoms with Gasteiger partial charge in [0.25, 0.3) is 5.56 Å². The average molecular weight is 415 g/mol. The number of H-pyrrole nitrogens is 1. The summed E-state index contributed by atoms with van der Waals surface area (Å²) in [7, 11) is 0. The van der Waals surface area contributed by atoms with Crippen LogP contribution in [0.25, 0.3) is 22.6 Å². The van der Waals surface area contributed by atoms with Crippen molar-refractivity contribution in [1.29, 1.82) is 0 Å². The third kappa shape index (κ3) is 4.13. The van der Waals surface area contributed by atoms with E-state index in [9.17, 15) is 9.18 Å². The smallest absolute Gasteiger partial charge is 0.252 e. The average Bonchev–Trinajstić information content (AvgIpc) is 3.18. The first kappa shape index (κ1) is 18.4. The fourth-order valence-electron chi connectivity index (χ4n) is 2.46. The molecule has 9 heteroatoms. The van der Waals surface area contributed by atoms with Gasteiger partial charge in [-0.3, -0.25) is 4.79 Å². The third-order valence-electron chi connectivity index (χ3n) is 3.77. The highest BCUT2D eigenvalue weighted by Crippen LogP contribution is 2.25. The predicted octanol–water partition coefficient (Wildman–Crippen LogP) is 4.57. The SMILES string of the molecule is O=c1cc(-c2ccccc2)nc(SCc2nc(-c3ccc(F)c(Cl)c3)no2)[nH]1. The standard InChI is InChI=1S/C19H12ClFN4O2S/c20-13-8-12(6-7-14(13)21)18-24-17(27-25-18)10-28-19-22-15(9-16(26)23-19)11-4-2-1-3-5-11/h1-9H,10H2,(H,22,23,26). The first-order valence-electron chi connectivity index (χ1n) is 8.16. The van der Waals surface area contributed by atoms with Crippen molar-refractivity contribution in [2.24, 2.45) is 0 Å². The van der Waals surface area contributed by atoms with Crippen LogP contribution in [0.1, 0.15) is 5.89 Å². The lowest BCUT2D eigenvalue weighted by Crippen LogP contribution is -2.08. The van der Waals surface area contributed by atoms with E-state index in [1.807, 2.05) is 30.3 Å². The normalized spacial score (nSPS) is 10.9. The van der Waals surface area contributed by atoms with Crippen LogP contribution in [0.4, 0.5) is 4.39 Å². The fraction of sp³-hybridized carbons (Fsp3) is 0.0526. The largest absolute Gasteiger partial charge is 0.338 e. The van der Waals surface area contributed by atoms with E-state index in [0.29, 0.717) is 33.9 Å². The molecule has 0 bridgehead atoms. The molecule has 28 heavy (non-hydrogen) atoms. The molecular weight excluding hydrogens is 403 g/mol. The van der Waals surface area contributed by atoms with Gasteiger partial charge < -0.3 is 9.51 Å². The first-order valence-corrected chi connectivity index (χ1v) is 9.52. The minimum Gasteiger partial charge on any atom is -0.338 e. The molecule has 2 heterocycles. The molecule has 0 radical (unpaired) electrons. The van der Waals surface area contributed by atoms with Gasteiger partial charge in [0.2, 0.25) is 11.7 Å². The van der Waals surface area contributed by atoms with Crippen LogP contribution in [-0.2, 0) is 5.75 Å². The lowest BCUT2D eigenvalue weighted by atomic mass is 10.1. The van der Waals surface area contributed by atoms with E-state index in [1.54, 1.807) is 0 Å². The van der Waals surface area contributed by atoms with E-state index in [1.165, 1.54) is 36.0 Å². The maximum atomic E-state index is 13.3. The molecule has 2 aromatic heterocycles. The Morgan fingerprint density at radius 2 is 1.89 bits per heavy atom. The van der Waals surface area contributed by atoms with Gasteiger partial charge in [-0.25, -0.2) is 9.37 Å². The number of halogens is 2. The molecule has 0 fully saturated rings. The highest BCUT2D eigenvalue weighted by atomic mass is 35.5. The molecule has 0 atom stereocenters. The van der Waals surface area contributed by atoms with Crippen molar-refractivity contribution >= 4 is 23.4 Å². The molecule has 140 valence electrons. The van der Waals surface area contributed by atoms with E-state index in [4.69, 9.17) is 16.1 Å². The highest BCUT2D eigenvalue weighted by Gasteiger charge is 2.12. The Balaban J connectivity index is 1.51. The van der Waals surface area contributed by atoms with Crippen LogP contribution in [0.2, 0.25) is 5.02 Å². The van der Waals surface area contributed by atoms with Gasteiger partial charge in [0.05, 0.1) is 16.5 Å². The summed E-state index contributed by atoms with van der Waals surface area (Å²) in [5, 5.41) is 4.30. The van der Waals surface area contributed by atoms with Gasteiger partial charge in [-0.05, 0) is 18.2 Å². The predicted molar refractivity (Wildman–Crippen MR) is 105 cm³/mol. The Hall–Kier alpha value is -2.97. The summed E-state index contributed by atoms with van der Waals surface area (Å²) in [4.78, 5) is 23.4. The van der Waals surface area contributed by atoms with Crippen molar-refractivity contribution in [1.82, 2.24) is 20.1 Å². The van der Waals surface area contributed by atoms with Gasteiger partial charge in [0.15, 0.2) is 5.16 Å². The first-order chi connectivity index (χ1) is 13.6. The van der Waals surface area contributed by atoms with Gasteiger partial charge >= 0.3 is 0 Å². The van der Waals surface area contributed by atoms with Crippen LogP contribution in [0.5, 0.6) is 0 Å². The van der Waals surface area contributed by atoms with Crippen molar-refractivity contribution in [3.8, 4) is 22.6 Å². The second-order valence-corrected chi connectivity index (χ2v) is 7.10. The number of benzene rings is 2. The van der Waals surface area contributed by atoms with Crippen LogP contribution in [0.15, 0.2) is 69.1 Å². The fourth-order valence-corrected chi connectivity index (χ4v) is 3.35. The van der Waals surface area contributed by atoms with Gasteiger partial charge in [0, 0.05) is 17.2 Å². The Morgan fingerprint density at radius 3 is 2.68 bits per heavy atom. The lowest BCUT2D eigenvalue weighted by Gasteiger charge is -2.03. The van der Waals surface area contributed by atoms with Crippen molar-refractivity contribution in [2.75, 3.05) is 0 Å². The van der Waals surface area contributed by atoms with E-state index >= 15 is 0 Å². The summed E-state index contributed by atoms with van der Waals surface area (Å²) in [6.45, 7) is 0. The molecule has 6 nitrogen and oxygen atoms in total. The van der Waals surface area contributed by atoms with Crippen LogP contribution < -0.4 is 5.56 Å². The Labute approximate surface area is 167 Å². The van der Waals surface area contributed by atoms with Crippen molar-refractivity contribution < 1.29 is 8.91 Å². The van der Waals surface area contributed by atoms with Crippen molar-refractivity contribution in [2.45, 2.75) is 10.9 Å². The van der Waals surface area contributed by atoms with Crippen molar-refractivity contribution in [3.05, 3.63) is 81.7 Å². The molecule has 1 N–H and O–H groups in total. The number of thioether (sulfide) groups is 1. The quantitative estimate of drug-likeness (QED) is 0.380. The molecule has 0 aliphatic heterocycles. The molecule has 0 amide bonds. The summed E-state index contributed by atoms with van der Waals surface area (Å²) >= 11 is 7.05. The number of aromatic nitrogens is 4. The molecule has 0 aliphatic rings. The monoisotopic (exact) mass is 414 g/mol. The molecule has 4 rings (SSSR count). The Bertz CT molecular complexity index is 1180. The second-order valence-electron chi connectivity index (χ2n) is 5.73. The zero-order valence-electron chi connectivity index (χ0n) is 14.2. The lowest BCUT2D eigenvalue weighted by molar-refractivity contribution is 0.391. The van der Waals surface area contributed by atoms with E-state index in [-0.39, 0.29) is 10.6 Å². The topological polar surface area (TPSA) is 84.7 Å². The summed E-state index contributed by atoms with van der Waals surface area (Å²) in [6, 6.07) is 15.1. The number of nitrogens with zero attached hydrogens (tertiary/aromatic N) is 3. The van der Waals surface area contributed by atoms with E-state index < -0.39 is 5.82 Å². The Kier molecular flexibility index (Phi) is 5.23. The maximum Gasteiger partial charge on any atom is 0.252 e. The summed E-state index contributed by atoms with van der Waals surface area (Å²) in [5.41, 5.74) is 1.73. The van der Waals surface area contributed by atoms with Crippen LogP contribution in [0, 0.1) is 5.82 Å². The van der Waals surface area contributed by atoms with Crippen molar-refractivity contribution in [3.63, 3.8) is 0 Å². The number of hydrogen-bond donors (Lipinski definition) is 1. The number of nitrogens with one attached hydrogen (secondary N) is 1. The number of hydrogen-bond acceptors (Lipinski definition) is 6. The van der Waals surface area contributed by atoms with Crippen LogP contribution in [-0.4, -0.2) is 20.1 Å². The van der Waals surface area contributed by atoms with Crippen LogP contribution >= 0.6 is 23.4 Å². The second kappa shape index (κ2) is 7.95. The number of rotatable bonds is 5. The summed E-state index contributed by atoms with van der Waals surface area (Å²) < 4.78 is 18.5. The van der Waals surface area contributed by atoms with Crippen LogP contribution in [0.3, 0.4) is 0 Å². The minimum atomic E-state index is -0.516. The summed E-state index contributed by atoms with van der Waals surface area (Å²) in [6.07, 6.45) is 0. The summed E-state index contributed by atoms with van der Waals surface area (Å²) in [5.74, 6) is 0.437. The molecule has 0 unspecified atom stereocenters. The molecule has 0 saturated heterocycles. The molecule has 4 aromatic rings. The molecule has 0 spiro atoms. The molecule has 0 saturated carbocycles. The molecule has 2 aromatic carbocycles.